The van der Waals surface area contributed by atoms with E-state index in [1.807, 2.05) is 59.2 Å². The van der Waals surface area contributed by atoms with Crippen molar-refractivity contribution in [3.63, 3.8) is 0 Å². The Morgan fingerprint density at radius 2 is 1.81 bits per heavy atom. The van der Waals surface area contributed by atoms with Crippen molar-refractivity contribution in [3.8, 4) is 22.8 Å². The lowest BCUT2D eigenvalue weighted by atomic mass is 9.99. The lowest BCUT2D eigenvalue weighted by molar-refractivity contribution is -0.119. The summed E-state index contributed by atoms with van der Waals surface area (Å²) in [5.74, 6) is 1.77. The van der Waals surface area contributed by atoms with Crippen molar-refractivity contribution in [2.45, 2.75) is 36.1 Å². The summed E-state index contributed by atoms with van der Waals surface area (Å²) in [5.41, 5.74) is 1.84. The van der Waals surface area contributed by atoms with E-state index in [4.69, 9.17) is 4.74 Å². The zero-order valence-electron chi connectivity index (χ0n) is 15.2. The fraction of sp³-hybridized carbons (Fsp3) is 0.286. The summed E-state index contributed by atoms with van der Waals surface area (Å²) in [6.45, 7) is 0. The summed E-state index contributed by atoms with van der Waals surface area (Å²) in [6, 6.07) is 17.8. The lowest BCUT2D eigenvalue weighted by Crippen LogP contribution is -2.21. The molecule has 0 N–H and O–H groups in total. The average Bonchev–Trinajstić information content (AvgIpc) is 3.13. The SMILES string of the molecule is COc1ccccc1-c1nnc(SC2CCCCC2=O)n1-c1ccccc1. The summed E-state index contributed by atoms with van der Waals surface area (Å²) in [4.78, 5) is 12.3. The Morgan fingerprint density at radius 1 is 1.04 bits per heavy atom. The van der Waals surface area contributed by atoms with Crippen LogP contribution in [-0.4, -0.2) is 32.9 Å². The molecule has 1 unspecified atom stereocenters. The monoisotopic (exact) mass is 379 g/mol. The highest BCUT2D eigenvalue weighted by atomic mass is 32.2. The fourth-order valence-electron chi connectivity index (χ4n) is 3.36. The minimum atomic E-state index is -0.0454. The van der Waals surface area contributed by atoms with Crippen LogP contribution in [0, 0.1) is 0 Å². The second-order valence-electron chi connectivity index (χ2n) is 6.50. The molecule has 27 heavy (non-hydrogen) atoms. The molecule has 2 aromatic carbocycles. The average molecular weight is 379 g/mol. The van der Waals surface area contributed by atoms with Crippen molar-refractivity contribution >= 4 is 17.5 Å². The van der Waals surface area contributed by atoms with Gasteiger partial charge in [0.05, 0.1) is 17.9 Å². The van der Waals surface area contributed by atoms with Gasteiger partial charge in [0.2, 0.25) is 0 Å². The largest absolute Gasteiger partial charge is 0.496 e. The molecule has 3 aromatic rings. The molecule has 1 fully saturated rings. The van der Waals surface area contributed by atoms with Crippen LogP contribution in [0.5, 0.6) is 5.75 Å². The molecule has 6 heteroatoms. The normalized spacial score (nSPS) is 17.1. The molecule has 1 aromatic heterocycles. The quantitative estimate of drug-likeness (QED) is 0.651. The van der Waals surface area contributed by atoms with Crippen LogP contribution in [0.2, 0.25) is 0 Å². The maximum absolute atomic E-state index is 12.3. The molecule has 0 saturated heterocycles. The van der Waals surface area contributed by atoms with E-state index in [9.17, 15) is 4.79 Å². The smallest absolute Gasteiger partial charge is 0.196 e. The number of hydrogen-bond donors (Lipinski definition) is 0. The predicted octanol–water partition coefficient (Wildman–Crippen LogP) is 4.55. The molecule has 0 amide bonds. The first-order valence-corrected chi connectivity index (χ1v) is 9.99. The molecule has 1 atom stereocenters. The molecule has 0 spiro atoms. The van der Waals surface area contributed by atoms with E-state index in [1.54, 1.807) is 7.11 Å². The van der Waals surface area contributed by atoms with Gasteiger partial charge in [0.1, 0.15) is 11.5 Å². The molecular weight excluding hydrogens is 358 g/mol. The summed E-state index contributed by atoms with van der Waals surface area (Å²) >= 11 is 1.52. The van der Waals surface area contributed by atoms with Crippen molar-refractivity contribution < 1.29 is 9.53 Å². The number of thioether (sulfide) groups is 1. The number of ketones is 1. The van der Waals surface area contributed by atoms with Crippen LogP contribution in [0.4, 0.5) is 0 Å². The van der Waals surface area contributed by atoms with Crippen LogP contribution in [0.3, 0.4) is 0 Å². The van der Waals surface area contributed by atoms with Gasteiger partial charge < -0.3 is 4.74 Å². The molecule has 1 aliphatic rings. The summed E-state index contributed by atoms with van der Waals surface area (Å²) in [6.07, 6.45) is 3.64. The Bertz CT molecular complexity index is 940. The number of rotatable bonds is 5. The van der Waals surface area contributed by atoms with Crippen LogP contribution >= 0.6 is 11.8 Å². The molecule has 0 aliphatic heterocycles. The van der Waals surface area contributed by atoms with E-state index >= 15 is 0 Å². The second-order valence-corrected chi connectivity index (χ2v) is 7.67. The van der Waals surface area contributed by atoms with E-state index in [1.165, 1.54) is 11.8 Å². The summed E-state index contributed by atoms with van der Waals surface area (Å²) in [5, 5.41) is 9.60. The van der Waals surface area contributed by atoms with Gasteiger partial charge in [-0.1, -0.05) is 48.5 Å². The first kappa shape index (κ1) is 17.8. The molecule has 0 radical (unpaired) electrons. The number of ether oxygens (including phenoxy) is 1. The van der Waals surface area contributed by atoms with Crippen LogP contribution in [0.25, 0.3) is 17.1 Å². The van der Waals surface area contributed by atoms with Gasteiger partial charge in [-0.15, -0.1) is 10.2 Å². The van der Waals surface area contributed by atoms with Crippen LogP contribution in [0.1, 0.15) is 25.7 Å². The fourth-order valence-corrected chi connectivity index (χ4v) is 4.54. The van der Waals surface area contributed by atoms with Gasteiger partial charge in [0, 0.05) is 12.1 Å². The van der Waals surface area contributed by atoms with E-state index < -0.39 is 0 Å². The first-order valence-electron chi connectivity index (χ1n) is 9.11. The highest BCUT2D eigenvalue weighted by Crippen LogP contribution is 2.36. The zero-order chi connectivity index (χ0) is 18.6. The third kappa shape index (κ3) is 3.62. The number of Topliss-reactive ketones (excluding diaryl/α,β-unsaturated/α-hetero) is 1. The van der Waals surface area contributed by atoms with Crippen molar-refractivity contribution in [1.82, 2.24) is 14.8 Å². The van der Waals surface area contributed by atoms with Crippen molar-refractivity contribution in [1.29, 1.82) is 0 Å². The topological polar surface area (TPSA) is 57.0 Å². The zero-order valence-corrected chi connectivity index (χ0v) is 16.0. The van der Waals surface area contributed by atoms with E-state index in [0.29, 0.717) is 18.0 Å². The van der Waals surface area contributed by atoms with Gasteiger partial charge in [-0.25, -0.2) is 0 Å². The Labute approximate surface area is 162 Å². The molecule has 0 bridgehead atoms. The van der Waals surface area contributed by atoms with E-state index in [0.717, 1.165) is 41.4 Å². The molecule has 1 heterocycles. The summed E-state index contributed by atoms with van der Waals surface area (Å²) in [7, 11) is 1.65. The minimum absolute atomic E-state index is 0.0454. The summed E-state index contributed by atoms with van der Waals surface area (Å²) < 4.78 is 7.54. The van der Waals surface area contributed by atoms with Gasteiger partial charge in [0.25, 0.3) is 0 Å². The van der Waals surface area contributed by atoms with Gasteiger partial charge in [-0.2, -0.15) is 0 Å². The van der Waals surface area contributed by atoms with E-state index in [-0.39, 0.29) is 5.25 Å². The molecule has 4 rings (SSSR count). The maximum Gasteiger partial charge on any atom is 0.196 e. The number of para-hydroxylation sites is 2. The number of benzene rings is 2. The lowest BCUT2D eigenvalue weighted by Gasteiger charge is -2.20. The number of methoxy groups -OCH3 is 1. The Hall–Kier alpha value is -2.60. The van der Waals surface area contributed by atoms with Gasteiger partial charge in [-0.05, 0) is 37.1 Å². The third-order valence-corrected chi connectivity index (χ3v) is 6.00. The van der Waals surface area contributed by atoms with Crippen LogP contribution in [-0.2, 0) is 4.79 Å². The Kier molecular flexibility index (Phi) is 5.25. The Morgan fingerprint density at radius 3 is 2.59 bits per heavy atom. The number of nitrogens with zero attached hydrogens (tertiary/aromatic N) is 3. The first-order chi connectivity index (χ1) is 13.3. The number of hydrogen-bond acceptors (Lipinski definition) is 5. The highest BCUT2D eigenvalue weighted by Gasteiger charge is 2.27. The van der Waals surface area contributed by atoms with E-state index in [2.05, 4.69) is 10.2 Å². The number of carbonyl (C=O) groups excluding carboxylic acids is 1. The third-order valence-electron chi connectivity index (χ3n) is 4.74. The maximum atomic E-state index is 12.3. The van der Waals surface area contributed by atoms with Gasteiger partial charge in [0.15, 0.2) is 11.0 Å². The van der Waals surface area contributed by atoms with Crippen molar-refractivity contribution in [2.75, 3.05) is 7.11 Å². The highest BCUT2D eigenvalue weighted by molar-refractivity contribution is 8.00. The van der Waals surface area contributed by atoms with Gasteiger partial charge in [-0.3, -0.25) is 9.36 Å². The van der Waals surface area contributed by atoms with Crippen LogP contribution < -0.4 is 4.74 Å². The van der Waals surface area contributed by atoms with Crippen molar-refractivity contribution in [3.05, 3.63) is 54.6 Å². The molecular formula is C21H21N3O2S. The van der Waals surface area contributed by atoms with Crippen LogP contribution in [0.15, 0.2) is 59.8 Å². The Balaban J connectivity index is 1.81. The predicted molar refractivity (Wildman–Crippen MR) is 106 cm³/mol. The van der Waals surface area contributed by atoms with Gasteiger partial charge >= 0.3 is 0 Å². The molecule has 1 saturated carbocycles. The molecule has 1 aliphatic carbocycles. The minimum Gasteiger partial charge on any atom is -0.496 e. The molecule has 138 valence electrons. The standard InChI is InChI=1S/C21H21N3O2S/c1-26-18-13-7-5-11-16(18)20-22-23-21(24(20)15-9-3-2-4-10-15)27-19-14-8-6-12-17(19)25/h2-5,7,9-11,13,19H,6,8,12,14H2,1H3. The molecule has 5 nitrogen and oxygen atoms in total. The number of carbonyl (C=O) groups is 1. The van der Waals surface area contributed by atoms with Crippen molar-refractivity contribution in [2.24, 2.45) is 0 Å². The number of aromatic nitrogens is 3. The second kappa shape index (κ2) is 7.96.